The van der Waals surface area contributed by atoms with E-state index < -0.39 is 0 Å². The van der Waals surface area contributed by atoms with Gasteiger partial charge in [0, 0.05) is 18.7 Å². The van der Waals surface area contributed by atoms with Crippen LogP contribution >= 0.6 is 12.4 Å². The molecule has 1 aliphatic heterocycles. The molecule has 1 aromatic carbocycles. The van der Waals surface area contributed by atoms with Crippen molar-refractivity contribution in [2.24, 2.45) is 0 Å². The quantitative estimate of drug-likeness (QED) is 0.830. The highest BCUT2D eigenvalue weighted by atomic mass is 35.5. The number of rotatable bonds is 5. The smallest absolute Gasteiger partial charge is 0.247 e. The van der Waals surface area contributed by atoms with E-state index in [4.69, 9.17) is 0 Å². The highest BCUT2D eigenvalue weighted by molar-refractivity contribution is 5.95. The van der Waals surface area contributed by atoms with Crippen LogP contribution in [0.25, 0.3) is 5.57 Å². The van der Waals surface area contributed by atoms with E-state index in [1.165, 1.54) is 12.1 Å². The van der Waals surface area contributed by atoms with Gasteiger partial charge in [-0.1, -0.05) is 19.1 Å². The highest BCUT2D eigenvalue weighted by Gasteiger charge is 2.23. The summed E-state index contributed by atoms with van der Waals surface area (Å²) in [6.07, 6.45) is 4.59. The molecule has 1 heterocycles. The number of hydrogen-bond donors (Lipinski definition) is 1. The van der Waals surface area contributed by atoms with Crippen LogP contribution < -0.4 is 5.32 Å². The van der Waals surface area contributed by atoms with Crippen LogP contribution in [-0.4, -0.2) is 36.5 Å². The van der Waals surface area contributed by atoms with E-state index in [2.05, 4.69) is 12.2 Å². The molecule has 1 N–H and O–H groups in total. The van der Waals surface area contributed by atoms with Crippen molar-refractivity contribution in [1.82, 2.24) is 10.2 Å². The van der Waals surface area contributed by atoms with Crippen molar-refractivity contribution in [3.05, 3.63) is 41.7 Å². The molecular weight excluding hydrogens is 315 g/mol. The Morgan fingerprint density at radius 2 is 2.09 bits per heavy atom. The maximum Gasteiger partial charge on any atom is 0.247 e. The molecule has 0 atom stereocenters. The summed E-state index contributed by atoms with van der Waals surface area (Å²) >= 11 is 0. The van der Waals surface area contributed by atoms with Crippen molar-refractivity contribution in [3.63, 3.8) is 0 Å². The lowest BCUT2D eigenvalue weighted by molar-refractivity contribution is -0.128. The average molecular weight is 341 g/mol. The van der Waals surface area contributed by atoms with Crippen molar-refractivity contribution in [3.8, 4) is 0 Å². The Hall–Kier alpha value is -1.39. The van der Waals surface area contributed by atoms with Crippen LogP contribution in [0.4, 0.5) is 4.39 Å². The van der Waals surface area contributed by atoms with Gasteiger partial charge in [0.15, 0.2) is 0 Å². The lowest BCUT2D eigenvalue weighted by Crippen LogP contribution is -2.46. The molecular formula is C18H26ClFN2O. The molecule has 128 valence electrons. The van der Waals surface area contributed by atoms with Crippen molar-refractivity contribution in [1.29, 1.82) is 0 Å². The first-order valence-electron chi connectivity index (χ1n) is 8.07. The molecule has 23 heavy (non-hydrogen) atoms. The molecule has 3 nitrogen and oxygen atoms in total. The SMILES string of the molecule is CCCN(C(=O)/C=C(/C)c1cccc(F)c1)C1CCNCC1.Cl. The minimum atomic E-state index is -0.276. The number of halogens is 2. The number of allylic oxidation sites excluding steroid dienone is 1. The summed E-state index contributed by atoms with van der Waals surface area (Å²) < 4.78 is 13.3. The third kappa shape index (κ3) is 5.63. The standard InChI is InChI=1S/C18H25FN2O.ClH/c1-3-11-21(17-7-9-20-10-8-17)18(22)12-14(2)15-5-4-6-16(19)13-15;/h4-6,12-13,17,20H,3,7-11H2,1-2H3;1H/b14-12-;. The molecule has 0 aromatic heterocycles. The van der Waals surface area contributed by atoms with Gasteiger partial charge >= 0.3 is 0 Å². The summed E-state index contributed by atoms with van der Waals surface area (Å²) in [5.74, 6) is -0.239. The fourth-order valence-electron chi connectivity index (χ4n) is 2.92. The van der Waals surface area contributed by atoms with Crippen LogP contribution in [0, 0.1) is 5.82 Å². The topological polar surface area (TPSA) is 32.3 Å². The predicted molar refractivity (Wildman–Crippen MR) is 95.2 cm³/mol. The Labute approximate surface area is 144 Å². The van der Waals surface area contributed by atoms with Crippen molar-refractivity contribution in [2.75, 3.05) is 19.6 Å². The largest absolute Gasteiger partial charge is 0.336 e. The summed E-state index contributed by atoms with van der Waals surface area (Å²) in [7, 11) is 0. The van der Waals surface area contributed by atoms with E-state index in [1.807, 2.05) is 17.9 Å². The van der Waals surface area contributed by atoms with E-state index in [0.717, 1.165) is 50.0 Å². The third-order valence-corrected chi connectivity index (χ3v) is 4.12. The number of carbonyl (C=O) groups excluding carboxylic acids is 1. The number of benzene rings is 1. The predicted octanol–water partition coefficient (Wildman–Crippen LogP) is 3.64. The van der Waals surface area contributed by atoms with Gasteiger partial charge in [-0.25, -0.2) is 4.39 Å². The van der Waals surface area contributed by atoms with Crippen LogP contribution in [-0.2, 0) is 4.79 Å². The third-order valence-electron chi connectivity index (χ3n) is 4.12. The first-order valence-corrected chi connectivity index (χ1v) is 8.07. The average Bonchev–Trinajstić information content (AvgIpc) is 2.53. The van der Waals surface area contributed by atoms with E-state index in [0.29, 0.717) is 6.04 Å². The fraction of sp³-hybridized carbons (Fsp3) is 0.500. The maximum absolute atomic E-state index is 13.3. The molecule has 0 unspecified atom stereocenters. The van der Waals surface area contributed by atoms with Gasteiger partial charge in [0.25, 0.3) is 0 Å². The van der Waals surface area contributed by atoms with Gasteiger partial charge in [0.05, 0.1) is 0 Å². The zero-order chi connectivity index (χ0) is 15.9. The molecule has 2 rings (SSSR count). The molecule has 1 aliphatic rings. The van der Waals surface area contributed by atoms with Gasteiger partial charge in [-0.3, -0.25) is 4.79 Å². The maximum atomic E-state index is 13.3. The highest BCUT2D eigenvalue weighted by Crippen LogP contribution is 2.18. The van der Waals surface area contributed by atoms with Crippen LogP contribution in [0.5, 0.6) is 0 Å². The zero-order valence-electron chi connectivity index (χ0n) is 13.8. The van der Waals surface area contributed by atoms with E-state index >= 15 is 0 Å². The lowest BCUT2D eigenvalue weighted by Gasteiger charge is -2.34. The van der Waals surface area contributed by atoms with Crippen molar-refractivity contribution >= 4 is 23.9 Å². The van der Waals surface area contributed by atoms with Crippen LogP contribution in [0.3, 0.4) is 0 Å². The van der Waals surface area contributed by atoms with Crippen LogP contribution in [0.2, 0.25) is 0 Å². The van der Waals surface area contributed by atoms with Crippen molar-refractivity contribution < 1.29 is 9.18 Å². The second-order valence-corrected chi connectivity index (χ2v) is 5.85. The summed E-state index contributed by atoms with van der Waals surface area (Å²) in [4.78, 5) is 14.6. The molecule has 1 aromatic rings. The van der Waals surface area contributed by atoms with E-state index in [9.17, 15) is 9.18 Å². The van der Waals surface area contributed by atoms with E-state index in [-0.39, 0.29) is 24.1 Å². The molecule has 1 amide bonds. The Bertz CT molecular complexity index is 542. The normalized spacial score (nSPS) is 15.9. The number of hydrogen-bond acceptors (Lipinski definition) is 2. The Balaban J connectivity index is 0.00000264. The molecule has 5 heteroatoms. The first kappa shape index (κ1) is 19.7. The number of carbonyl (C=O) groups is 1. The Kier molecular flexibility index (Phi) is 8.28. The molecule has 0 bridgehead atoms. The van der Waals surface area contributed by atoms with Gasteiger partial charge in [-0.2, -0.15) is 0 Å². The van der Waals surface area contributed by atoms with Gasteiger partial charge < -0.3 is 10.2 Å². The molecule has 1 fully saturated rings. The second-order valence-electron chi connectivity index (χ2n) is 5.85. The number of nitrogens with one attached hydrogen (secondary N) is 1. The minimum absolute atomic E-state index is 0. The Morgan fingerprint density at radius 3 is 2.70 bits per heavy atom. The number of piperidine rings is 1. The first-order chi connectivity index (χ1) is 10.6. The van der Waals surface area contributed by atoms with E-state index in [1.54, 1.807) is 12.1 Å². The fourth-order valence-corrected chi connectivity index (χ4v) is 2.92. The molecule has 0 spiro atoms. The summed E-state index contributed by atoms with van der Waals surface area (Å²) in [6, 6.07) is 6.69. The Morgan fingerprint density at radius 1 is 1.39 bits per heavy atom. The molecule has 0 saturated carbocycles. The van der Waals surface area contributed by atoms with Gasteiger partial charge in [0.2, 0.25) is 5.91 Å². The van der Waals surface area contributed by atoms with Gasteiger partial charge in [0.1, 0.15) is 5.82 Å². The van der Waals surface area contributed by atoms with Crippen molar-refractivity contribution in [2.45, 2.75) is 39.2 Å². The molecule has 0 aliphatic carbocycles. The number of nitrogens with zero attached hydrogens (tertiary/aromatic N) is 1. The van der Waals surface area contributed by atoms with Crippen LogP contribution in [0.1, 0.15) is 38.7 Å². The van der Waals surface area contributed by atoms with Crippen LogP contribution in [0.15, 0.2) is 30.3 Å². The number of amides is 1. The zero-order valence-corrected chi connectivity index (χ0v) is 14.7. The second kappa shape index (κ2) is 9.68. The van der Waals surface area contributed by atoms with Gasteiger partial charge in [-0.05, 0) is 62.5 Å². The summed E-state index contributed by atoms with van der Waals surface area (Å²) in [5.41, 5.74) is 1.56. The molecule has 0 radical (unpaired) electrons. The summed E-state index contributed by atoms with van der Waals surface area (Å²) in [6.45, 7) is 6.65. The lowest BCUT2D eigenvalue weighted by atomic mass is 10.0. The molecule has 1 saturated heterocycles. The van der Waals surface area contributed by atoms with Gasteiger partial charge in [-0.15, -0.1) is 12.4 Å². The summed E-state index contributed by atoms with van der Waals surface area (Å²) in [5, 5.41) is 3.33. The minimum Gasteiger partial charge on any atom is -0.336 e. The monoisotopic (exact) mass is 340 g/mol.